The zero-order chi connectivity index (χ0) is 36.2. The maximum atomic E-state index is 14.2. The predicted octanol–water partition coefficient (Wildman–Crippen LogP) is 3.08. The molecule has 0 aromatic heterocycles. The van der Waals surface area contributed by atoms with E-state index in [0.29, 0.717) is 26.2 Å². The van der Waals surface area contributed by atoms with E-state index in [9.17, 15) is 24.3 Å². The Hall–Kier alpha value is -4.18. The number of hydrogen-bond acceptors (Lipinski definition) is 9. The molecule has 270 valence electrons. The van der Waals surface area contributed by atoms with Crippen molar-refractivity contribution in [3.63, 3.8) is 0 Å². The summed E-state index contributed by atoms with van der Waals surface area (Å²) in [4.78, 5) is 53.6. The summed E-state index contributed by atoms with van der Waals surface area (Å²) in [5, 5.41) is 21.2. The lowest BCUT2D eigenvalue weighted by Crippen LogP contribution is -2.52. The molecule has 0 fully saturated rings. The monoisotopic (exact) mass is 682 g/mol. The van der Waals surface area contributed by atoms with Gasteiger partial charge in [0.1, 0.15) is 12.5 Å². The third-order valence-corrected chi connectivity index (χ3v) is 8.16. The average molecular weight is 683 g/mol. The minimum atomic E-state index is -1.35. The molecule has 0 saturated heterocycles. The van der Waals surface area contributed by atoms with Crippen LogP contribution in [0.15, 0.2) is 42.5 Å². The number of rotatable bonds is 22. The van der Waals surface area contributed by atoms with Gasteiger partial charge >= 0.3 is 6.09 Å². The first kappa shape index (κ1) is 41.0. The number of carbonyl (C=O) groups is 4. The molecule has 49 heavy (non-hydrogen) atoms. The van der Waals surface area contributed by atoms with Crippen LogP contribution in [0, 0.1) is 29.7 Å². The molecular formula is C37H54N4O8. The highest BCUT2D eigenvalue weighted by Crippen LogP contribution is 2.22. The van der Waals surface area contributed by atoms with Crippen LogP contribution in [0.25, 0.3) is 10.8 Å². The van der Waals surface area contributed by atoms with Crippen molar-refractivity contribution in [2.24, 2.45) is 23.5 Å². The predicted molar refractivity (Wildman–Crippen MR) is 188 cm³/mol. The lowest BCUT2D eigenvalue weighted by atomic mass is 9.88. The van der Waals surface area contributed by atoms with Crippen LogP contribution in [0.4, 0.5) is 4.79 Å². The topological polar surface area (TPSA) is 178 Å². The highest BCUT2D eigenvalue weighted by Gasteiger charge is 2.36. The van der Waals surface area contributed by atoms with Crippen LogP contribution in [0.1, 0.15) is 58.9 Å². The van der Waals surface area contributed by atoms with E-state index in [2.05, 4.69) is 27.9 Å². The van der Waals surface area contributed by atoms with Crippen molar-refractivity contribution in [2.75, 3.05) is 40.1 Å². The maximum absolute atomic E-state index is 14.2. The van der Waals surface area contributed by atoms with Crippen LogP contribution in [0.5, 0.6) is 0 Å². The summed E-state index contributed by atoms with van der Waals surface area (Å²) >= 11 is 0. The first-order valence-corrected chi connectivity index (χ1v) is 16.9. The number of carbonyl (C=O) groups excluding carboxylic acids is 4. The van der Waals surface area contributed by atoms with Gasteiger partial charge in [-0.1, -0.05) is 82.5 Å². The average Bonchev–Trinajstić information content (AvgIpc) is 3.08. The minimum Gasteiger partial charge on any atom is -0.447 e. The van der Waals surface area contributed by atoms with Crippen LogP contribution >= 0.6 is 0 Å². The minimum absolute atomic E-state index is 0.0511. The van der Waals surface area contributed by atoms with Gasteiger partial charge in [-0.3, -0.25) is 14.4 Å². The number of hydrogen-bond donors (Lipinski definition) is 5. The van der Waals surface area contributed by atoms with E-state index in [1.54, 1.807) is 7.11 Å². The number of aliphatic hydroxyl groups excluding tert-OH is 1. The molecule has 3 unspecified atom stereocenters. The zero-order valence-electron chi connectivity index (χ0n) is 29.5. The van der Waals surface area contributed by atoms with Crippen molar-refractivity contribution in [1.82, 2.24) is 16.0 Å². The van der Waals surface area contributed by atoms with Crippen LogP contribution < -0.4 is 21.7 Å². The van der Waals surface area contributed by atoms with Gasteiger partial charge < -0.3 is 41.0 Å². The number of nitrogens with two attached hydrogens (primary N) is 1. The molecule has 6 N–H and O–H groups in total. The van der Waals surface area contributed by atoms with Crippen molar-refractivity contribution in [1.29, 1.82) is 0 Å². The number of benzene rings is 2. The molecule has 2 aromatic rings. The largest absolute Gasteiger partial charge is 0.447 e. The Morgan fingerprint density at radius 3 is 2.37 bits per heavy atom. The number of fused-ring (bicyclic) bond motifs is 1. The fourth-order valence-corrected chi connectivity index (χ4v) is 5.20. The van der Waals surface area contributed by atoms with Gasteiger partial charge in [-0.15, -0.1) is 0 Å². The molecule has 0 aliphatic carbocycles. The Morgan fingerprint density at radius 2 is 1.67 bits per heavy atom. The molecule has 0 radical (unpaired) electrons. The number of ether oxygens (including phenoxy) is 3. The van der Waals surface area contributed by atoms with E-state index in [1.165, 1.54) is 0 Å². The molecule has 5 atom stereocenters. The summed E-state index contributed by atoms with van der Waals surface area (Å²) in [7, 11) is 1.55. The van der Waals surface area contributed by atoms with Gasteiger partial charge in [0.05, 0.1) is 44.4 Å². The van der Waals surface area contributed by atoms with Crippen molar-refractivity contribution in [3.05, 3.63) is 48.0 Å². The molecule has 0 saturated carbocycles. The first-order chi connectivity index (χ1) is 23.5. The Labute approximate surface area is 290 Å². The van der Waals surface area contributed by atoms with Crippen LogP contribution in [0.3, 0.4) is 0 Å². The zero-order valence-corrected chi connectivity index (χ0v) is 29.5. The molecular weight excluding hydrogens is 628 g/mol. The third kappa shape index (κ3) is 14.9. The molecule has 0 aliphatic heterocycles. The summed E-state index contributed by atoms with van der Waals surface area (Å²) < 4.78 is 15.6. The molecule has 2 rings (SSSR count). The van der Waals surface area contributed by atoms with Gasteiger partial charge in [0, 0.05) is 32.5 Å². The number of methoxy groups -OCH3 is 1. The van der Waals surface area contributed by atoms with Crippen molar-refractivity contribution < 1.29 is 38.5 Å². The van der Waals surface area contributed by atoms with Crippen LogP contribution in [0.2, 0.25) is 0 Å². The second-order valence-corrected chi connectivity index (χ2v) is 12.6. The summed E-state index contributed by atoms with van der Waals surface area (Å²) in [6.45, 7) is 9.16. The number of amides is 3. The van der Waals surface area contributed by atoms with Gasteiger partial charge in [0.25, 0.3) is 0 Å². The SMILES string of the molecule is CCC(C)CNC(=O)CC(O)C(CC(C)C)NC(=O)[C@H](CC#CN)C(=O)[C@H](Cc1cccc2ccccc12)NC(=O)OCCOCCOC. The standard InChI is InChI=1S/C37H54N4O8/c1-6-26(4)24-39-34(43)23-33(42)31(21-25(2)3)40-36(45)30(15-10-16-38)35(44)32(41-37(46)49-20-19-48-18-17-47-5)22-28-13-9-12-27-11-7-8-14-29(27)28/h7-9,11-14,25-26,30-33,42H,6,15,17-24,38H2,1-5H3,(H,39,43)(H,40,45)(H,41,46)/t26?,30-,31?,32+,33?/m1/s1. The van der Waals surface area contributed by atoms with Gasteiger partial charge in [-0.2, -0.15) is 0 Å². The van der Waals surface area contributed by atoms with Gasteiger partial charge in [0.2, 0.25) is 11.8 Å². The summed E-state index contributed by atoms with van der Waals surface area (Å²) in [6.07, 6.45) is -1.19. The first-order valence-electron chi connectivity index (χ1n) is 16.9. The van der Waals surface area contributed by atoms with E-state index < -0.39 is 41.9 Å². The molecule has 0 bridgehead atoms. The van der Waals surface area contributed by atoms with Crippen molar-refractivity contribution in [3.8, 4) is 12.0 Å². The number of alkyl carbamates (subject to hydrolysis) is 1. The highest BCUT2D eigenvalue weighted by molar-refractivity contribution is 6.05. The molecule has 0 spiro atoms. The Morgan fingerprint density at radius 1 is 0.959 bits per heavy atom. The van der Waals surface area contributed by atoms with Crippen LogP contribution in [-0.4, -0.2) is 87.1 Å². The van der Waals surface area contributed by atoms with E-state index in [0.717, 1.165) is 22.8 Å². The fourth-order valence-electron chi connectivity index (χ4n) is 5.20. The Balaban J connectivity index is 2.32. The van der Waals surface area contributed by atoms with E-state index in [-0.39, 0.29) is 50.2 Å². The normalized spacial score (nSPS) is 14.1. The molecule has 2 aromatic carbocycles. The third-order valence-electron chi connectivity index (χ3n) is 8.16. The van der Waals surface area contributed by atoms with E-state index in [1.807, 2.05) is 70.2 Å². The molecule has 12 heteroatoms. The second-order valence-electron chi connectivity index (χ2n) is 12.6. The summed E-state index contributed by atoms with van der Waals surface area (Å²) in [5.74, 6) is -0.0238. The summed E-state index contributed by atoms with van der Waals surface area (Å²) in [5.41, 5.74) is 6.23. The number of Topliss-reactive ketones (excluding diaryl/α,β-unsaturated/α-hetero) is 1. The number of ketones is 1. The quantitative estimate of drug-likeness (QED) is 0.0540. The lowest BCUT2D eigenvalue weighted by Gasteiger charge is -2.28. The molecule has 0 heterocycles. The Bertz CT molecular complexity index is 1400. The Kier molecular flexibility index (Phi) is 18.8. The van der Waals surface area contributed by atoms with Crippen LogP contribution in [-0.2, 0) is 35.0 Å². The van der Waals surface area contributed by atoms with E-state index >= 15 is 0 Å². The van der Waals surface area contributed by atoms with Crippen molar-refractivity contribution >= 4 is 34.5 Å². The van der Waals surface area contributed by atoms with Gasteiger partial charge in [0.15, 0.2) is 5.78 Å². The molecule has 0 aliphatic rings. The lowest BCUT2D eigenvalue weighted by molar-refractivity contribution is -0.136. The highest BCUT2D eigenvalue weighted by atomic mass is 16.6. The van der Waals surface area contributed by atoms with E-state index in [4.69, 9.17) is 19.9 Å². The number of aliphatic hydroxyl groups is 1. The summed E-state index contributed by atoms with van der Waals surface area (Å²) in [6, 6.07) is 13.6. The molecule has 12 nitrogen and oxygen atoms in total. The fraction of sp³-hybridized carbons (Fsp3) is 0.568. The van der Waals surface area contributed by atoms with Gasteiger partial charge in [-0.25, -0.2) is 4.79 Å². The maximum Gasteiger partial charge on any atom is 0.407 e. The number of nitrogens with one attached hydrogen (secondary N) is 3. The van der Waals surface area contributed by atoms with Gasteiger partial charge in [-0.05, 0) is 34.6 Å². The second kappa shape index (κ2) is 22.5. The molecule has 3 amide bonds. The van der Waals surface area contributed by atoms with Crippen molar-refractivity contribution in [2.45, 2.75) is 78.0 Å². The smallest absolute Gasteiger partial charge is 0.407 e.